The molecule has 1 heterocycles. The third-order valence-electron chi connectivity index (χ3n) is 2.91. The second-order valence-corrected chi connectivity index (χ2v) is 4.31. The number of hydrogen-bond donors (Lipinski definition) is 3. The molecular formula is C14H13FN4. The fourth-order valence-electron chi connectivity index (χ4n) is 1.93. The zero-order chi connectivity index (χ0) is 13.2. The molecule has 4 nitrogen and oxygen atoms in total. The van der Waals surface area contributed by atoms with Crippen LogP contribution in [0, 0.1) is 5.82 Å². The molecule has 0 saturated heterocycles. The van der Waals surface area contributed by atoms with E-state index in [-0.39, 0.29) is 5.82 Å². The Labute approximate surface area is 109 Å². The van der Waals surface area contributed by atoms with Gasteiger partial charge in [0.05, 0.1) is 11.0 Å². The van der Waals surface area contributed by atoms with E-state index < -0.39 is 0 Å². The van der Waals surface area contributed by atoms with Gasteiger partial charge in [0.25, 0.3) is 0 Å². The fourth-order valence-corrected chi connectivity index (χ4v) is 1.93. The van der Waals surface area contributed by atoms with Crippen molar-refractivity contribution in [1.29, 1.82) is 0 Å². The average Bonchev–Trinajstić information content (AvgIpc) is 2.79. The first kappa shape index (κ1) is 11.5. The van der Waals surface area contributed by atoms with Crippen molar-refractivity contribution in [3.8, 4) is 0 Å². The summed E-state index contributed by atoms with van der Waals surface area (Å²) in [6, 6.07) is 12.1. The van der Waals surface area contributed by atoms with Crippen molar-refractivity contribution in [1.82, 2.24) is 9.97 Å². The highest BCUT2D eigenvalue weighted by Gasteiger charge is 2.04. The van der Waals surface area contributed by atoms with Gasteiger partial charge < -0.3 is 16.0 Å². The molecule has 0 fully saturated rings. The minimum Gasteiger partial charge on any atom is -0.399 e. The summed E-state index contributed by atoms with van der Waals surface area (Å²) in [6.07, 6.45) is 0. The molecule has 2 aromatic carbocycles. The summed E-state index contributed by atoms with van der Waals surface area (Å²) < 4.78 is 13.5. The predicted molar refractivity (Wildman–Crippen MR) is 74.2 cm³/mol. The Balaban J connectivity index is 1.80. The van der Waals surface area contributed by atoms with E-state index in [1.807, 2.05) is 12.1 Å². The van der Waals surface area contributed by atoms with Gasteiger partial charge in [0.1, 0.15) is 5.82 Å². The minimum atomic E-state index is -0.227. The van der Waals surface area contributed by atoms with Gasteiger partial charge in [-0.2, -0.15) is 0 Å². The highest BCUT2D eigenvalue weighted by Crippen LogP contribution is 2.17. The molecule has 3 aromatic rings. The molecule has 0 saturated carbocycles. The number of nitrogens with one attached hydrogen (secondary N) is 2. The lowest BCUT2D eigenvalue weighted by atomic mass is 10.2. The first-order chi connectivity index (χ1) is 9.22. The number of nitrogens with zero attached hydrogens (tertiary/aromatic N) is 1. The maximum absolute atomic E-state index is 13.5. The number of halogens is 1. The molecule has 0 aliphatic rings. The van der Waals surface area contributed by atoms with Crippen LogP contribution in [0.1, 0.15) is 5.56 Å². The molecule has 0 aliphatic heterocycles. The minimum absolute atomic E-state index is 0.227. The quantitative estimate of drug-likeness (QED) is 0.631. The Morgan fingerprint density at radius 1 is 1.21 bits per heavy atom. The molecule has 0 spiro atoms. The Bertz CT molecular complexity index is 720. The number of nitrogen functional groups attached to an aromatic ring is 1. The molecular weight excluding hydrogens is 243 g/mol. The molecule has 4 N–H and O–H groups in total. The molecule has 0 unspecified atom stereocenters. The van der Waals surface area contributed by atoms with Gasteiger partial charge in [0.2, 0.25) is 5.95 Å². The number of nitrogens with two attached hydrogens (primary N) is 1. The monoisotopic (exact) mass is 256 g/mol. The SMILES string of the molecule is Nc1ccc2nc(NCc3ccccc3F)[nH]c2c1. The second kappa shape index (κ2) is 4.61. The van der Waals surface area contributed by atoms with Crippen molar-refractivity contribution in [3.05, 3.63) is 53.8 Å². The van der Waals surface area contributed by atoms with Gasteiger partial charge in [-0.25, -0.2) is 9.37 Å². The summed E-state index contributed by atoms with van der Waals surface area (Å²) in [4.78, 5) is 7.46. The summed E-state index contributed by atoms with van der Waals surface area (Å²) in [5, 5.41) is 3.06. The van der Waals surface area contributed by atoms with Crippen molar-refractivity contribution in [2.45, 2.75) is 6.54 Å². The molecule has 0 bridgehead atoms. The van der Waals surface area contributed by atoms with Crippen LogP contribution < -0.4 is 11.1 Å². The van der Waals surface area contributed by atoms with Crippen LogP contribution in [-0.4, -0.2) is 9.97 Å². The third-order valence-corrected chi connectivity index (χ3v) is 2.91. The number of imidazole rings is 1. The van der Waals surface area contributed by atoms with Crippen LogP contribution in [0.2, 0.25) is 0 Å². The molecule has 0 amide bonds. The third kappa shape index (κ3) is 2.35. The molecule has 0 radical (unpaired) electrons. The lowest BCUT2D eigenvalue weighted by Gasteiger charge is -2.03. The maximum atomic E-state index is 13.5. The van der Waals surface area contributed by atoms with Crippen LogP contribution in [-0.2, 0) is 6.54 Å². The van der Waals surface area contributed by atoms with Gasteiger partial charge in [-0.05, 0) is 24.3 Å². The number of hydrogen-bond acceptors (Lipinski definition) is 3. The van der Waals surface area contributed by atoms with Crippen LogP contribution in [0.25, 0.3) is 11.0 Å². The molecule has 5 heteroatoms. The van der Waals surface area contributed by atoms with E-state index in [4.69, 9.17) is 5.73 Å². The lowest BCUT2D eigenvalue weighted by molar-refractivity contribution is 0.613. The zero-order valence-electron chi connectivity index (χ0n) is 10.2. The number of aromatic nitrogens is 2. The van der Waals surface area contributed by atoms with Gasteiger partial charge >= 0.3 is 0 Å². The molecule has 0 aliphatic carbocycles. The second-order valence-electron chi connectivity index (χ2n) is 4.31. The van der Waals surface area contributed by atoms with Crippen molar-refractivity contribution < 1.29 is 4.39 Å². The van der Waals surface area contributed by atoms with Gasteiger partial charge in [0.15, 0.2) is 0 Å². The highest BCUT2D eigenvalue weighted by atomic mass is 19.1. The number of benzene rings is 2. The van der Waals surface area contributed by atoms with Gasteiger partial charge in [-0.3, -0.25) is 0 Å². The molecule has 1 aromatic heterocycles. The predicted octanol–water partition coefficient (Wildman–Crippen LogP) is 2.90. The molecule has 19 heavy (non-hydrogen) atoms. The van der Waals surface area contributed by atoms with Crippen LogP contribution in [0.15, 0.2) is 42.5 Å². The van der Waals surface area contributed by atoms with Crippen molar-refractivity contribution in [3.63, 3.8) is 0 Å². The Hall–Kier alpha value is -2.56. The van der Waals surface area contributed by atoms with E-state index in [0.717, 1.165) is 11.0 Å². The van der Waals surface area contributed by atoms with E-state index in [1.54, 1.807) is 24.3 Å². The van der Waals surface area contributed by atoms with Crippen molar-refractivity contribution in [2.24, 2.45) is 0 Å². The van der Waals surface area contributed by atoms with Crippen molar-refractivity contribution in [2.75, 3.05) is 11.1 Å². The fraction of sp³-hybridized carbons (Fsp3) is 0.0714. The van der Waals surface area contributed by atoms with Gasteiger partial charge in [-0.1, -0.05) is 18.2 Å². The zero-order valence-corrected chi connectivity index (χ0v) is 10.2. The summed E-state index contributed by atoms with van der Waals surface area (Å²) in [6.45, 7) is 0.377. The Kier molecular flexibility index (Phi) is 2.79. The smallest absolute Gasteiger partial charge is 0.201 e. The number of anilines is 2. The normalized spacial score (nSPS) is 10.8. The molecule has 3 rings (SSSR count). The van der Waals surface area contributed by atoms with Crippen LogP contribution in [0.3, 0.4) is 0 Å². The summed E-state index contributed by atoms with van der Waals surface area (Å²) in [5.41, 5.74) is 8.66. The Morgan fingerprint density at radius 3 is 2.89 bits per heavy atom. The van der Waals surface area contributed by atoms with Gasteiger partial charge in [-0.15, -0.1) is 0 Å². The molecule has 96 valence electrons. The topological polar surface area (TPSA) is 66.7 Å². The summed E-state index contributed by atoms with van der Waals surface area (Å²) >= 11 is 0. The van der Waals surface area contributed by atoms with E-state index in [1.165, 1.54) is 6.07 Å². The largest absolute Gasteiger partial charge is 0.399 e. The number of aromatic amines is 1. The first-order valence-corrected chi connectivity index (χ1v) is 5.95. The summed E-state index contributed by atoms with van der Waals surface area (Å²) in [7, 11) is 0. The van der Waals surface area contributed by atoms with Crippen molar-refractivity contribution >= 4 is 22.7 Å². The number of H-pyrrole nitrogens is 1. The maximum Gasteiger partial charge on any atom is 0.201 e. The van der Waals surface area contributed by atoms with Gasteiger partial charge in [0, 0.05) is 17.8 Å². The van der Waals surface area contributed by atoms with Crippen LogP contribution in [0.5, 0.6) is 0 Å². The van der Waals surface area contributed by atoms with E-state index in [9.17, 15) is 4.39 Å². The van der Waals surface area contributed by atoms with Crippen LogP contribution in [0.4, 0.5) is 16.0 Å². The van der Waals surface area contributed by atoms with E-state index in [2.05, 4.69) is 15.3 Å². The molecule has 0 atom stereocenters. The highest BCUT2D eigenvalue weighted by molar-refractivity contribution is 5.80. The van der Waals surface area contributed by atoms with Crippen LogP contribution >= 0.6 is 0 Å². The van der Waals surface area contributed by atoms with E-state index >= 15 is 0 Å². The number of fused-ring (bicyclic) bond motifs is 1. The summed E-state index contributed by atoms with van der Waals surface area (Å²) in [5.74, 6) is 0.374. The number of rotatable bonds is 3. The van der Waals surface area contributed by atoms with E-state index in [0.29, 0.717) is 23.7 Å². The first-order valence-electron chi connectivity index (χ1n) is 5.95. The Morgan fingerprint density at radius 2 is 2.05 bits per heavy atom. The lowest BCUT2D eigenvalue weighted by Crippen LogP contribution is -2.02. The standard InChI is InChI=1S/C14H13FN4/c15-11-4-2-1-3-9(11)8-17-14-18-12-6-5-10(16)7-13(12)19-14/h1-7H,8,16H2,(H2,17,18,19). The average molecular weight is 256 g/mol.